The summed E-state index contributed by atoms with van der Waals surface area (Å²) in [5.41, 5.74) is 0.627. The summed E-state index contributed by atoms with van der Waals surface area (Å²) in [5.74, 6) is 0.808. The van der Waals surface area contributed by atoms with Crippen LogP contribution in [0.5, 0.6) is 0 Å². The monoisotopic (exact) mass is 305 g/mol. The smallest absolute Gasteiger partial charge is 0.257 e. The molecule has 1 aliphatic heterocycles. The van der Waals surface area contributed by atoms with Gasteiger partial charge >= 0.3 is 0 Å². The van der Waals surface area contributed by atoms with E-state index in [0.717, 1.165) is 18.9 Å². The van der Waals surface area contributed by atoms with Gasteiger partial charge in [-0.1, -0.05) is 11.6 Å². The molecule has 0 unspecified atom stereocenters. The van der Waals surface area contributed by atoms with Crippen LogP contribution < -0.4 is 4.90 Å². The van der Waals surface area contributed by atoms with Crippen LogP contribution in [0.4, 0.5) is 5.82 Å². The molecule has 6 nitrogen and oxygen atoms in total. The predicted molar refractivity (Wildman–Crippen MR) is 80.6 cm³/mol. The molecule has 0 radical (unpaired) electrons. The number of piperazine rings is 1. The first-order chi connectivity index (χ1) is 10.1. The topological polar surface area (TPSA) is 54.3 Å². The Kier molecular flexibility index (Phi) is 3.79. The zero-order valence-electron chi connectivity index (χ0n) is 11.7. The van der Waals surface area contributed by atoms with Crippen LogP contribution in [0.2, 0.25) is 5.02 Å². The SMILES string of the molecule is Cn1cc(C(=O)N2CCN(c3ncccc3Cl)CC2)cn1. The van der Waals surface area contributed by atoms with Crippen molar-refractivity contribution in [2.24, 2.45) is 7.05 Å². The minimum absolute atomic E-state index is 0.0230. The van der Waals surface area contributed by atoms with Gasteiger partial charge in [0.1, 0.15) is 5.82 Å². The van der Waals surface area contributed by atoms with Gasteiger partial charge in [0.2, 0.25) is 0 Å². The first kappa shape index (κ1) is 13.9. The average Bonchev–Trinajstić information content (AvgIpc) is 2.94. The third kappa shape index (κ3) is 2.85. The lowest BCUT2D eigenvalue weighted by Gasteiger charge is -2.35. The van der Waals surface area contributed by atoms with Crippen LogP contribution in [-0.4, -0.2) is 51.8 Å². The van der Waals surface area contributed by atoms with E-state index in [1.165, 1.54) is 0 Å². The van der Waals surface area contributed by atoms with Gasteiger partial charge in [-0.15, -0.1) is 0 Å². The molecule has 0 N–H and O–H groups in total. The molecule has 1 fully saturated rings. The molecule has 3 heterocycles. The Morgan fingerprint density at radius 2 is 2.05 bits per heavy atom. The number of nitrogens with zero attached hydrogens (tertiary/aromatic N) is 5. The third-order valence-electron chi connectivity index (χ3n) is 3.56. The first-order valence-corrected chi connectivity index (χ1v) is 7.16. The number of carbonyl (C=O) groups excluding carboxylic acids is 1. The summed E-state index contributed by atoms with van der Waals surface area (Å²) in [4.78, 5) is 20.6. The largest absolute Gasteiger partial charge is 0.352 e. The number of anilines is 1. The number of pyridine rings is 1. The molecule has 7 heteroatoms. The van der Waals surface area contributed by atoms with Crippen molar-refractivity contribution in [1.82, 2.24) is 19.7 Å². The summed E-state index contributed by atoms with van der Waals surface area (Å²) >= 11 is 6.16. The van der Waals surface area contributed by atoms with Crippen LogP contribution in [0.3, 0.4) is 0 Å². The van der Waals surface area contributed by atoms with E-state index in [1.807, 2.05) is 17.0 Å². The lowest BCUT2D eigenvalue weighted by Crippen LogP contribution is -2.49. The third-order valence-corrected chi connectivity index (χ3v) is 3.85. The Morgan fingerprint density at radius 1 is 1.29 bits per heavy atom. The molecule has 0 saturated carbocycles. The number of carbonyl (C=O) groups is 1. The molecule has 21 heavy (non-hydrogen) atoms. The summed E-state index contributed by atoms with van der Waals surface area (Å²) in [6.07, 6.45) is 5.07. The van der Waals surface area contributed by atoms with Crippen molar-refractivity contribution < 1.29 is 4.79 Å². The summed E-state index contributed by atoms with van der Waals surface area (Å²) in [5, 5.41) is 4.68. The Bertz CT molecular complexity index is 648. The quantitative estimate of drug-likeness (QED) is 0.842. The van der Waals surface area contributed by atoms with Gasteiger partial charge in [0.15, 0.2) is 0 Å². The fraction of sp³-hybridized carbons (Fsp3) is 0.357. The van der Waals surface area contributed by atoms with E-state index in [9.17, 15) is 4.79 Å². The van der Waals surface area contributed by atoms with Crippen LogP contribution >= 0.6 is 11.6 Å². The zero-order chi connectivity index (χ0) is 14.8. The van der Waals surface area contributed by atoms with Crippen molar-refractivity contribution in [3.05, 3.63) is 41.3 Å². The van der Waals surface area contributed by atoms with E-state index in [-0.39, 0.29) is 5.91 Å². The summed E-state index contributed by atoms with van der Waals surface area (Å²) in [7, 11) is 1.80. The van der Waals surface area contributed by atoms with E-state index in [4.69, 9.17) is 11.6 Å². The van der Waals surface area contributed by atoms with Gasteiger partial charge in [-0.05, 0) is 12.1 Å². The number of hydrogen-bond acceptors (Lipinski definition) is 4. The van der Waals surface area contributed by atoms with Gasteiger partial charge < -0.3 is 9.80 Å². The number of halogens is 1. The van der Waals surface area contributed by atoms with E-state index in [2.05, 4.69) is 15.0 Å². The maximum atomic E-state index is 12.3. The second kappa shape index (κ2) is 5.73. The lowest BCUT2D eigenvalue weighted by atomic mass is 10.2. The second-order valence-electron chi connectivity index (χ2n) is 4.99. The summed E-state index contributed by atoms with van der Waals surface area (Å²) in [6, 6.07) is 3.64. The number of aryl methyl sites for hydroxylation is 1. The molecule has 0 atom stereocenters. The molecule has 1 saturated heterocycles. The molecular weight excluding hydrogens is 290 g/mol. The molecule has 3 rings (SSSR count). The highest BCUT2D eigenvalue weighted by Crippen LogP contribution is 2.23. The molecule has 2 aromatic heterocycles. The van der Waals surface area contributed by atoms with Crippen molar-refractivity contribution in [2.75, 3.05) is 31.1 Å². The van der Waals surface area contributed by atoms with Crippen molar-refractivity contribution in [1.29, 1.82) is 0 Å². The fourth-order valence-corrected chi connectivity index (χ4v) is 2.69. The molecule has 1 amide bonds. The number of rotatable bonds is 2. The molecule has 110 valence electrons. The van der Waals surface area contributed by atoms with Gasteiger partial charge in [0.05, 0.1) is 16.8 Å². The average molecular weight is 306 g/mol. The van der Waals surface area contributed by atoms with Gasteiger partial charge in [0, 0.05) is 45.6 Å². The van der Waals surface area contributed by atoms with Crippen molar-refractivity contribution in [3.8, 4) is 0 Å². The zero-order valence-corrected chi connectivity index (χ0v) is 12.5. The van der Waals surface area contributed by atoms with E-state index >= 15 is 0 Å². The Balaban J connectivity index is 1.65. The van der Waals surface area contributed by atoms with Crippen LogP contribution in [0.1, 0.15) is 10.4 Å². The summed E-state index contributed by atoms with van der Waals surface area (Å²) in [6.45, 7) is 2.76. The highest BCUT2D eigenvalue weighted by atomic mass is 35.5. The lowest BCUT2D eigenvalue weighted by molar-refractivity contribution is 0.0746. The van der Waals surface area contributed by atoms with Crippen LogP contribution in [-0.2, 0) is 7.05 Å². The minimum atomic E-state index is 0.0230. The van der Waals surface area contributed by atoms with E-state index < -0.39 is 0 Å². The predicted octanol–water partition coefficient (Wildman–Crippen LogP) is 1.43. The molecule has 0 aliphatic carbocycles. The van der Waals surface area contributed by atoms with Crippen LogP contribution in [0, 0.1) is 0 Å². The van der Waals surface area contributed by atoms with Gasteiger partial charge in [-0.3, -0.25) is 9.48 Å². The first-order valence-electron chi connectivity index (χ1n) is 6.78. The molecular formula is C14H16ClN5O. The summed E-state index contributed by atoms with van der Waals surface area (Å²) < 4.78 is 1.64. The van der Waals surface area contributed by atoms with Crippen molar-refractivity contribution >= 4 is 23.3 Å². The van der Waals surface area contributed by atoms with Crippen LogP contribution in [0.15, 0.2) is 30.7 Å². The Hall–Kier alpha value is -2.08. The second-order valence-corrected chi connectivity index (χ2v) is 5.40. The van der Waals surface area contributed by atoms with E-state index in [0.29, 0.717) is 23.7 Å². The Labute approximate surface area is 127 Å². The molecule has 0 spiro atoms. The van der Waals surface area contributed by atoms with Gasteiger partial charge in [0.25, 0.3) is 5.91 Å². The van der Waals surface area contributed by atoms with Gasteiger partial charge in [-0.2, -0.15) is 5.10 Å². The highest BCUT2D eigenvalue weighted by Gasteiger charge is 2.24. The maximum absolute atomic E-state index is 12.3. The normalized spacial score (nSPS) is 15.3. The molecule has 2 aromatic rings. The molecule has 0 bridgehead atoms. The minimum Gasteiger partial charge on any atom is -0.352 e. The van der Waals surface area contributed by atoms with Crippen molar-refractivity contribution in [3.63, 3.8) is 0 Å². The Morgan fingerprint density at radius 3 is 2.67 bits per heavy atom. The number of amides is 1. The fourth-order valence-electron chi connectivity index (χ4n) is 2.45. The number of aromatic nitrogens is 3. The maximum Gasteiger partial charge on any atom is 0.257 e. The molecule has 0 aromatic carbocycles. The van der Waals surface area contributed by atoms with Gasteiger partial charge in [-0.25, -0.2) is 4.98 Å². The van der Waals surface area contributed by atoms with Crippen LogP contribution in [0.25, 0.3) is 0 Å². The highest BCUT2D eigenvalue weighted by molar-refractivity contribution is 6.32. The standard InChI is InChI=1S/C14H16ClN5O/c1-18-10-11(9-17-18)14(21)20-7-5-19(6-8-20)13-12(15)3-2-4-16-13/h2-4,9-10H,5-8H2,1H3. The van der Waals surface area contributed by atoms with Crippen molar-refractivity contribution in [2.45, 2.75) is 0 Å². The molecule has 1 aliphatic rings. The van der Waals surface area contributed by atoms with E-state index in [1.54, 1.807) is 30.3 Å². The number of hydrogen-bond donors (Lipinski definition) is 0.